The standard InChI is InChI=1S/C37H39N3/c1-27(2)33-22-14-23-34(28(3)4)37(33)38-25-30-16-13-24-36(39-30)35-21-12-11-15-29(35)26-40(31-17-7-5-8-18-31)32-19-9-6-10-20-32/h5-24,27-28,38H,25-26H2,1-4H3. The molecule has 1 N–H and O–H groups in total. The Kier molecular flexibility index (Phi) is 8.61. The molecule has 0 aliphatic carbocycles. The van der Waals surface area contributed by atoms with Gasteiger partial charge in [0.15, 0.2) is 0 Å². The van der Waals surface area contributed by atoms with Crippen LogP contribution in [0.25, 0.3) is 11.3 Å². The van der Waals surface area contributed by atoms with E-state index in [2.05, 4.69) is 159 Å². The molecule has 0 bridgehead atoms. The Bertz CT molecular complexity index is 1460. The van der Waals surface area contributed by atoms with Crippen molar-refractivity contribution in [3.05, 3.63) is 144 Å². The Morgan fingerprint density at radius 1 is 0.600 bits per heavy atom. The fraction of sp³-hybridized carbons (Fsp3) is 0.216. The zero-order chi connectivity index (χ0) is 27.9. The highest BCUT2D eigenvalue weighted by atomic mass is 15.1. The summed E-state index contributed by atoms with van der Waals surface area (Å²) in [7, 11) is 0. The quantitative estimate of drug-likeness (QED) is 0.197. The van der Waals surface area contributed by atoms with E-state index in [0.717, 1.165) is 23.5 Å². The van der Waals surface area contributed by atoms with Crippen molar-refractivity contribution in [1.29, 1.82) is 0 Å². The molecule has 0 saturated heterocycles. The van der Waals surface area contributed by atoms with Gasteiger partial charge in [-0.3, -0.25) is 4.98 Å². The van der Waals surface area contributed by atoms with Crippen LogP contribution in [-0.4, -0.2) is 4.98 Å². The summed E-state index contributed by atoms with van der Waals surface area (Å²) in [6.07, 6.45) is 0. The number of benzene rings is 4. The van der Waals surface area contributed by atoms with Gasteiger partial charge in [0.2, 0.25) is 0 Å². The first-order valence-corrected chi connectivity index (χ1v) is 14.3. The van der Waals surface area contributed by atoms with Crippen LogP contribution in [0.4, 0.5) is 17.1 Å². The van der Waals surface area contributed by atoms with Gasteiger partial charge < -0.3 is 10.2 Å². The zero-order valence-corrected chi connectivity index (χ0v) is 24.0. The maximum absolute atomic E-state index is 5.14. The third kappa shape index (κ3) is 6.26. The summed E-state index contributed by atoms with van der Waals surface area (Å²) >= 11 is 0. The predicted octanol–water partition coefficient (Wildman–Crippen LogP) is 9.95. The maximum atomic E-state index is 5.14. The molecule has 0 aliphatic heterocycles. The highest BCUT2D eigenvalue weighted by molar-refractivity contribution is 5.68. The van der Waals surface area contributed by atoms with Crippen LogP contribution in [0.1, 0.15) is 61.9 Å². The summed E-state index contributed by atoms with van der Waals surface area (Å²) in [6.45, 7) is 10.5. The van der Waals surface area contributed by atoms with Crippen molar-refractivity contribution < 1.29 is 0 Å². The molecule has 0 amide bonds. The van der Waals surface area contributed by atoms with E-state index in [0.29, 0.717) is 18.4 Å². The molecule has 0 saturated carbocycles. The van der Waals surface area contributed by atoms with Crippen LogP contribution in [0.3, 0.4) is 0 Å². The van der Waals surface area contributed by atoms with Crippen LogP contribution in [-0.2, 0) is 13.1 Å². The summed E-state index contributed by atoms with van der Waals surface area (Å²) in [5.41, 5.74) is 10.7. The highest BCUT2D eigenvalue weighted by Gasteiger charge is 2.16. The lowest BCUT2D eigenvalue weighted by atomic mass is 9.92. The molecule has 1 aromatic heterocycles. The van der Waals surface area contributed by atoms with Crippen molar-refractivity contribution in [3.8, 4) is 11.3 Å². The minimum atomic E-state index is 0.449. The molecule has 5 rings (SSSR count). The summed E-state index contributed by atoms with van der Waals surface area (Å²) in [4.78, 5) is 7.50. The number of hydrogen-bond donors (Lipinski definition) is 1. The zero-order valence-electron chi connectivity index (χ0n) is 24.0. The van der Waals surface area contributed by atoms with Crippen molar-refractivity contribution in [3.63, 3.8) is 0 Å². The molecular formula is C37H39N3. The number of aromatic nitrogens is 1. The van der Waals surface area contributed by atoms with Crippen LogP contribution in [0.5, 0.6) is 0 Å². The second-order valence-corrected chi connectivity index (χ2v) is 10.9. The summed E-state index contributed by atoms with van der Waals surface area (Å²) in [6, 6.07) is 42.8. The molecular weight excluding hydrogens is 486 g/mol. The Balaban J connectivity index is 1.44. The summed E-state index contributed by atoms with van der Waals surface area (Å²) < 4.78 is 0. The van der Waals surface area contributed by atoms with Gasteiger partial charge in [-0.05, 0) is 64.9 Å². The topological polar surface area (TPSA) is 28.2 Å². The van der Waals surface area contributed by atoms with E-state index in [1.165, 1.54) is 33.8 Å². The molecule has 0 atom stereocenters. The number of hydrogen-bond acceptors (Lipinski definition) is 3. The van der Waals surface area contributed by atoms with E-state index in [-0.39, 0.29) is 0 Å². The second kappa shape index (κ2) is 12.7. The number of para-hydroxylation sites is 3. The van der Waals surface area contributed by atoms with Gasteiger partial charge in [0.1, 0.15) is 0 Å². The van der Waals surface area contributed by atoms with Crippen LogP contribution >= 0.6 is 0 Å². The molecule has 0 unspecified atom stereocenters. The fourth-order valence-electron chi connectivity index (χ4n) is 5.29. The number of rotatable bonds is 10. The van der Waals surface area contributed by atoms with Gasteiger partial charge in [0.25, 0.3) is 0 Å². The first kappa shape index (κ1) is 27.2. The molecule has 202 valence electrons. The van der Waals surface area contributed by atoms with E-state index in [9.17, 15) is 0 Å². The van der Waals surface area contributed by atoms with Crippen molar-refractivity contribution in [2.45, 2.75) is 52.6 Å². The van der Waals surface area contributed by atoms with E-state index < -0.39 is 0 Å². The van der Waals surface area contributed by atoms with E-state index in [1.807, 2.05) is 0 Å². The number of nitrogens with one attached hydrogen (secondary N) is 1. The van der Waals surface area contributed by atoms with E-state index >= 15 is 0 Å². The van der Waals surface area contributed by atoms with Crippen molar-refractivity contribution in [1.82, 2.24) is 4.98 Å². The monoisotopic (exact) mass is 525 g/mol. The lowest BCUT2D eigenvalue weighted by Gasteiger charge is -2.26. The van der Waals surface area contributed by atoms with Gasteiger partial charge in [-0.25, -0.2) is 0 Å². The van der Waals surface area contributed by atoms with Crippen molar-refractivity contribution in [2.24, 2.45) is 0 Å². The Hall–Kier alpha value is -4.37. The maximum Gasteiger partial charge on any atom is 0.0709 e. The largest absolute Gasteiger partial charge is 0.379 e. The van der Waals surface area contributed by atoms with Gasteiger partial charge in [-0.15, -0.1) is 0 Å². The summed E-state index contributed by atoms with van der Waals surface area (Å²) in [5.74, 6) is 0.897. The van der Waals surface area contributed by atoms with Gasteiger partial charge in [0, 0.05) is 29.2 Å². The molecule has 0 radical (unpaired) electrons. The smallest absolute Gasteiger partial charge is 0.0709 e. The second-order valence-electron chi connectivity index (χ2n) is 10.9. The third-order valence-electron chi connectivity index (χ3n) is 7.38. The van der Waals surface area contributed by atoms with Crippen molar-refractivity contribution in [2.75, 3.05) is 10.2 Å². The normalized spacial score (nSPS) is 11.2. The van der Waals surface area contributed by atoms with Gasteiger partial charge >= 0.3 is 0 Å². The third-order valence-corrected chi connectivity index (χ3v) is 7.38. The Morgan fingerprint density at radius 2 is 1.15 bits per heavy atom. The minimum Gasteiger partial charge on any atom is -0.379 e. The van der Waals surface area contributed by atoms with Crippen LogP contribution in [0.15, 0.2) is 121 Å². The highest BCUT2D eigenvalue weighted by Crippen LogP contribution is 2.33. The SMILES string of the molecule is CC(C)c1cccc(C(C)C)c1NCc1cccc(-c2ccccc2CN(c2ccccc2)c2ccccc2)n1. The van der Waals surface area contributed by atoms with Crippen molar-refractivity contribution >= 4 is 17.1 Å². The van der Waals surface area contributed by atoms with Gasteiger partial charge in [0.05, 0.1) is 17.9 Å². The number of anilines is 3. The van der Waals surface area contributed by atoms with E-state index in [4.69, 9.17) is 4.98 Å². The number of pyridine rings is 1. The van der Waals surface area contributed by atoms with Gasteiger partial charge in [-0.1, -0.05) is 113 Å². The van der Waals surface area contributed by atoms with Crippen LogP contribution < -0.4 is 10.2 Å². The summed E-state index contributed by atoms with van der Waals surface area (Å²) in [5, 5.41) is 3.76. The molecule has 3 nitrogen and oxygen atoms in total. The first-order valence-electron chi connectivity index (χ1n) is 14.3. The fourth-order valence-corrected chi connectivity index (χ4v) is 5.29. The molecule has 0 aliphatic rings. The van der Waals surface area contributed by atoms with E-state index in [1.54, 1.807) is 0 Å². The molecule has 40 heavy (non-hydrogen) atoms. The first-order chi connectivity index (χ1) is 19.5. The van der Waals surface area contributed by atoms with Gasteiger partial charge in [-0.2, -0.15) is 0 Å². The Labute approximate surface area is 239 Å². The molecule has 5 aromatic rings. The Morgan fingerprint density at radius 3 is 1.75 bits per heavy atom. The lowest BCUT2D eigenvalue weighted by molar-refractivity contribution is 0.831. The molecule has 4 aromatic carbocycles. The average molecular weight is 526 g/mol. The van der Waals surface area contributed by atoms with Crippen LogP contribution in [0.2, 0.25) is 0 Å². The number of nitrogens with zero attached hydrogens (tertiary/aromatic N) is 2. The van der Waals surface area contributed by atoms with Crippen LogP contribution in [0, 0.1) is 0 Å². The molecule has 1 heterocycles. The molecule has 0 fully saturated rings. The predicted molar refractivity (Wildman–Crippen MR) is 170 cm³/mol. The molecule has 0 spiro atoms. The minimum absolute atomic E-state index is 0.449. The molecule has 3 heteroatoms. The average Bonchev–Trinajstić information content (AvgIpc) is 2.99. The lowest BCUT2D eigenvalue weighted by Crippen LogP contribution is -2.17.